The van der Waals surface area contributed by atoms with Gasteiger partial charge >= 0.3 is 6.03 Å². The van der Waals surface area contributed by atoms with Gasteiger partial charge in [0.1, 0.15) is 17.4 Å². The van der Waals surface area contributed by atoms with Crippen molar-refractivity contribution in [2.24, 2.45) is 5.73 Å². The largest absolute Gasteiger partial charge is 0.486 e. The molecule has 0 spiro atoms. The van der Waals surface area contributed by atoms with Crippen molar-refractivity contribution in [3.63, 3.8) is 0 Å². The molecule has 30 heavy (non-hydrogen) atoms. The number of carbonyl (C=O) groups is 1. The van der Waals surface area contributed by atoms with E-state index in [0.29, 0.717) is 11.7 Å². The van der Waals surface area contributed by atoms with Gasteiger partial charge in [0.2, 0.25) is 0 Å². The average Bonchev–Trinajstić information content (AvgIpc) is 3.20. The van der Waals surface area contributed by atoms with Crippen molar-refractivity contribution in [1.29, 1.82) is 0 Å². The highest BCUT2D eigenvalue weighted by Crippen LogP contribution is 2.27. The van der Waals surface area contributed by atoms with Crippen LogP contribution in [-0.4, -0.2) is 21.3 Å². The maximum atomic E-state index is 11.1. The van der Waals surface area contributed by atoms with Crippen molar-refractivity contribution in [2.45, 2.75) is 19.6 Å². The summed E-state index contributed by atoms with van der Waals surface area (Å²) >= 11 is 1.64. The molecule has 7 heteroatoms. The maximum absolute atomic E-state index is 11.1. The first-order chi connectivity index (χ1) is 14.5. The van der Waals surface area contributed by atoms with Gasteiger partial charge in [0.25, 0.3) is 0 Å². The number of hydrogen-bond donors (Lipinski definition) is 2. The number of ether oxygens (including phenoxy) is 1. The van der Waals surface area contributed by atoms with E-state index < -0.39 is 12.1 Å². The fourth-order valence-electron chi connectivity index (χ4n) is 3.16. The van der Waals surface area contributed by atoms with Crippen LogP contribution in [0.2, 0.25) is 0 Å². The lowest BCUT2D eigenvalue weighted by molar-refractivity contribution is -0.0709. The lowest BCUT2D eigenvalue weighted by Crippen LogP contribution is -2.34. The van der Waals surface area contributed by atoms with E-state index in [9.17, 15) is 10.0 Å². The van der Waals surface area contributed by atoms with E-state index in [-0.39, 0.29) is 0 Å². The molecule has 4 aromatic rings. The Hall–Kier alpha value is -3.42. The van der Waals surface area contributed by atoms with Crippen LogP contribution in [-0.2, 0) is 6.61 Å². The maximum Gasteiger partial charge on any atom is 0.339 e. The topological polar surface area (TPSA) is 88.7 Å². The van der Waals surface area contributed by atoms with E-state index >= 15 is 0 Å². The number of hydrogen-bond acceptors (Lipinski definition) is 5. The van der Waals surface area contributed by atoms with Gasteiger partial charge in [0.15, 0.2) is 0 Å². The number of nitrogens with two attached hydrogens (primary N) is 1. The molecule has 4 rings (SSSR count). The van der Waals surface area contributed by atoms with Crippen molar-refractivity contribution in [3.05, 3.63) is 83.4 Å². The summed E-state index contributed by atoms with van der Waals surface area (Å²) in [6, 6.07) is 22.1. The number of hydroxylamine groups is 2. The zero-order valence-corrected chi connectivity index (χ0v) is 17.2. The molecule has 3 N–H and O–H groups in total. The van der Waals surface area contributed by atoms with Crippen molar-refractivity contribution < 1.29 is 14.7 Å². The molecule has 152 valence electrons. The number of amides is 2. The highest BCUT2D eigenvalue weighted by atomic mass is 32.1. The first kappa shape index (κ1) is 19.9. The second-order valence-electron chi connectivity index (χ2n) is 6.87. The monoisotopic (exact) mass is 419 g/mol. The Morgan fingerprint density at radius 1 is 1.07 bits per heavy atom. The molecule has 0 fully saturated rings. The summed E-state index contributed by atoms with van der Waals surface area (Å²) in [5, 5.41) is 11.1. The Morgan fingerprint density at radius 2 is 1.70 bits per heavy atom. The van der Waals surface area contributed by atoms with Crippen LogP contribution < -0.4 is 10.5 Å². The molecule has 3 aromatic carbocycles. The fraction of sp³-hybridized carbons (Fsp3) is 0.130. The van der Waals surface area contributed by atoms with Crippen LogP contribution in [0.1, 0.15) is 23.5 Å². The van der Waals surface area contributed by atoms with Crippen molar-refractivity contribution >= 4 is 27.6 Å². The predicted molar refractivity (Wildman–Crippen MR) is 117 cm³/mol. The summed E-state index contributed by atoms with van der Waals surface area (Å²) in [5.74, 6) is 0.778. The van der Waals surface area contributed by atoms with Crippen molar-refractivity contribution in [2.75, 3.05) is 0 Å². The lowest BCUT2D eigenvalue weighted by atomic mass is 10.0. The summed E-state index contributed by atoms with van der Waals surface area (Å²) in [5.41, 5.74) is 8.95. The number of para-hydroxylation sites is 1. The Kier molecular flexibility index (Phi) is 5.65. The zero-order chi connectivity index (χ0) is 21.1. The van der Waals surface area contributed by atoms with Crippen molar-refractivity contribution in [1.82, 2.24) is 10.0 Å². The van der Waals surface area contributed by atoms with Gasteiger partial charge in [-0.2, -0.15) is 5.06 Å². The van der Waals surface area contributed by atoms with E-state index in [2.05, 4.69) is 11.1 Å². The molecule has 0 aliphatic rings. The number of nitrogens with zero attached hydrogens (tertiary/aromatic N) is 2. The van der Waals surface area contributed by atoms with Crippen LogP contribution in [0.5, 0.6) is 5.75 Å². The number of urea groups is 1. The van der Waals surface area contributed by atoms with Gasteiger partial charge in [-0.3, -0.25) is 5.21 Å². The van der Waals surface area contributed by atoms with Gasteiger partial charge < -0.3 is 10.5 Å². The van der Waals surface area contributed by atoms with Gasteiger partial charge in [-0.1, -0.05) is 48.5 Å². The third kappa shape index (κ3) is 4.27. The van der Waals surface area contributed by atoms with Gasteiger partial charge in [0.05, 0.1) is 16.3 Å². The predicted octanol–water partition coefficient (Wildman–Crippen LogP) is 5.37. The van der Waals surface area contributed by atoms with E-state index in [4.69, 9.17) is 10.5 Å². The van der Waals surface area contributed by atoms with E-state index in [1.165, 1.54) is 0 Å². The van der Waals surface area contributed by atoms with Crippen LogP contribution >= 0.6 is 11.3 Å². The molecule has 0 saturated carbocycles. The number of primary amides is 1. The highest BCUT2D eigenvalue weighted by Gasteiger charge is 2.16. The summed E-state index contributed by atoms with van der Waals surface area (Å²) < 4.78 is 7.04. The van der Waals surface area contributed by atoms with Crippen LogP contribution in [0.4, 0.5) is 4.79 Å². The van der Waals surface area contributed by atoms with Crippen LogP contribution in [0, 0.1) is 0 Å². The molecule has 1 aromatic heterocycles. The molecule has 0 aliphatic carbocycles. The zero-order valence-electron chi connectivity index (χ0n) is 16.4. The third-order valence-electron chi connectivity index (χ3n) is 4.87. The minimum absolute atomic E-state index is 0.433. The molecular formula is C23H21N3O3S. The molecule has 2 amide bonds. The number of rotatable bonds is 6. The summed E-state index contributed by atoms with van der Waals surface area (Å²) in [6.07, 6.45) is 0. The molecule has 0 aliphatic heterocycles. The third-order valence-corrected chi connectivity index (χ3v) is 5.88. The van der Waals surface area contributed by atoms with E-state index in [0.717, 1.165) is 37.7 Å². The minimum atomic E-state index is -0.881. The summed E-state index contributed by atoms with van der Waals surface area (Å²) in [7, 11) is 0. The quantitative estimate of drug-likeness (QED) is 0.325. The minimum Gasteiger partial charge on any atom is -0.486 e. The van der Waals surface area contributed by atoms with Crippen LogP contribution in [0.25, 0.3) is 21.3 Å². The number of fused-ring (bicyclic) bond motifs is 1. The Balaban J connectivity index is 1.41. The SMILES string of the molecule is CC(c1ccc(-c2ccc(OCc3nc4ccccc4s3)cc2)cc1)N(O)C(N)=O. The standard InChI is InChI=1S/C23H21N3O3S/c1-15(26(28)23(24)27)16-6-8-17(9-7-16)18-10-12-19(13-11-18)29-14-22-25-20-4-2-3-5-21(20)30-22/h2-13,15,28H,14H2,1H3,(H2,24,27). The van der Waals surface area contributed by atoms with Crippen LogP contribution in [0.3, 0.4) is 0 Å². The second-order valence-corrected chi connectivity index (χ2v) is 7.98. The highest BCUT2D eigenvalue weighted by molar-refractivity contribution is 7.18. The second kappa shape index (κ2) is 8.52. The number of benzene rings is 3. The van der Waals surface area contributed by atoms with Gasteiger partial charge in [-0.05, 0) is 47.9 Å². The van der Waals surface area contributed by atoms with Crippen LogP contribution in [0.15, 0.2) is 72.8 Å². The Bertz CT molecular complexity index is 1120. The Morgan fingerprint density at radius 3 is 2.33 bits per heavy atom. The molecule has 0 saturated heterocycles. The summed E-state index contributed by atoms with van der Waals surface area (Å²) in [4.78, 5) is 15.7. The summed E-state index contributed by atoms with van der Waals surface area (Å²) in [6.45, 7) is 2.14. The first-order valence-electron chi connectivity index (χ1n) is 9.46. The van der Waals surface area contributed by atoms with E-state index in [1.54, 1.807) is 18.3 Å². The van der Waals surface area contributed by atoms with E-state index in [1.807, 2.05) is 66.7 Å². The Labute approximate surface area is 178 Å². The smallest absolute Gasteiger partial charge is 0.339 e. The van der Waals surface area contributed by atoms with Gasteiger partial charge in [-0.15, -0.1) is 11.3 Å². The average molecular weight is 420 g/mol. The molecule has 1 heterocycles. The fourth-order valence-corrected chi connectivity index (χ4v) is 4.04. The normalized spacial score (nSPS) is 11.9. The molecule has 1 atom stereocenters. The molecule has 1 unspecified atom stereocenters. The molecule has 6 nitrogen and oxygen atoms in total. The molecular weight excluding hydrogens is 398 g/mol. The van der Waals surface area contributed by atoms with Crippen molar-refractivity contribution in [3.8, 4) is 16.9 Å². The number of aromatic nitrogens is 1. The number of carbonyl (C=O) groups excluding carboxylic acids is 1. The van der Waals surface area contributed by atoms with Gasteiger partial charge in [0, 0.05) is 0 Å². The molecule has 0 bridgehead atoms. The number of thiazole rings is 1. The first-order valence-corrected chi connectivity index (χ1v) is 10.3. The van der Waals surface area contributed by atoms with Gasteiger partial charge in [-0.25, -0.2) is 9.78 Å². The lowest BCUT2D eigenvalue weighted by Gasteiger charge is -2.21. The molecule has 0 radical (unpaired) electrons.